The van der Waals surface area contributed by atoms with E-state index in [4.69, 9.17) is 4.74 Å². The number of hydrogen-bond donors (Lipinski definition) is 1. The van der Waals surface area contributed by atoms with E-state index in [1.807, 2.05) is 0 Å². The summed E-state index contributed by atoms with van der Waals surface area (Å²) in [6, 6.07) is 7.34. The summed E-state index contributed by atoms with van der Waals surface area (Å²) in [7, 11) is 2.08. The predicted octanol–water partition coefficient (Wildman–Crippen LogP) is 3.02. The van der Waals surface area contributed by atoms with Gasteiger partial charge in [0.15, 0.2) is 0 Å². The highest BCUT2D eigenvalue weighted by Crippen LogP contribution is 2.42. The Labute approximate surface area is 103 Å². The Balaban J connectivity index is 1.85. The van der Waals surface area contributed by atoms with Gasteiger partial charge in [-0.15, -0.1) is 0 Å². The first-order valence-corrected chi connectivity index (χ1v) is 6.66. The topological polar surface area (TPSA) is 21.3 Å². The number of benzene rings is 1. The molecule has 2 aliphatic rings. The van der Waals surface area contributed by atoms with E-state index in [-0.39, 0.29) is 0 Å². The Morgan fingerprint density at radius 3 is 2.71 bits per heavy atom. The van der Waals surface area contributed by atoms with Crippen molar-refractivity contribution in [3.63, 3.8) is 0 Å². The lowest BCUT2D eigenvalue weighted by Crippen LogP contribution is -2.24. The third-order valence-electron chi connectivity index (χ3n) is 4.31. The fourth-order valence-corrected chi connectivity index (χ4v) is 3.01. The highest BCUT2D eigenvalue weighted by molar-refractivity contribution is 5.35. The van der Waals surface area contributed by atoms with E-state index >= 15 is 0 Å². The average Bonchev–Trinajstić information content (AvgIpc) is 3.09. The Morgan fingerprint density at radius 1 is 1.24 bits per heavy atom. The molecular formula is C15H21NO. The normalized spacial score (nSPS) is 22.2. The average molecular weight is 231 g/mol. The summed E-state index contributed by atoms with van der Waals surface area (Å²) < 4.78 is 5.48. The summed E-state index contributed by atoms with van der Waals surface area (Å²) in [5, 5.41) is 3.49. The smallest absolute Gasteiger partial charge is 0.0725 e. The van der Waals surface area contributed by atoms with Gasteiger partial charge in [0.2, 0.25) is 0 Å². The van der Waals surface area contributed by atoms with Gasteiger partial charge in [0.1, 0.15) is 0 Å². The van der Waals surface area contributed by atoms with E-state index in [9.17, 15) is 0 Å². The van der Waals surface area contributed by atoms with E-state index in [1.165, 1.54) is 29.5 Å². The molecule has 0 radical (unpaired) electrons. The molecule has 0 aromatic heterocycles. The molecule has 2 heteroatoms. The van der Waals surface area contributed by atoms with Crippen LogP contribution < -0.4 is 5.32 Å². The third kappa shape index (κ3) is 2.12. The molecule has 17 heavy (non-hydrogen) atoms. The van der Waals surface area contributed by atoms with Crippen LogP contribution in [-0.2, 0) is 18.0 Å². The minimum atomic E-state index is 0.494. The van der Waals surface area contributed by atoms with Crippen LogP contribution in [0.25, 0.3) is 0 Å². The second-order valence-corrected chi connectivity index (χ2v) is 5.48. The molecule has 2 atom stereocenters. The van der Waals surface area contributed by atoms with Gasteiger partial charge in [0, 0.05) is 6.04 Å². The summed E-state index contributed by atoms with van der Waals surface area (Å²) in [5.74, 6) is 1.66. The van der Waals surface area contributed by atoms with Gasteiger partial charge in [-0.1, -0.05) is 25.1 Å². The summed E-state index contributed by atoms with van der Waals surface area (Å²) in [6.07, 6.45) is 2.82. The Kier molecular flexibility index (Phi) is 2.93. The van der Waals surface area contributed by atoms with Gasteiger partial charge in [-0.05, 0) is 48.4 Å². The predicted molar refractivity (Wildman–Crippen MR) is 68.6 cm³/mol. The van der Waals surface area contributed by atoms with E-state index in [1.54, 1.807) is 0 Å². The van der Waals surface area contributed by atoms with Gasteiger partial charge in [-0.2, -0.15) is 0 Å². The Bertz CT molecular complexity index is 411. The molecule has 1 saturated carbocycles. The Morgan fingerprint density at radius 2 is 2.00 bits per heavy atom. The number of fused-ring (bicyclic) bond motifs is 1. The maximum Gasteiger partial charge on any atom is 0.0725 e. The van der Waals surface area contributed by atoms with Crippen LogP contribution in [0.1, 0.15) is 42.5 Å². The van der Waals surface area contributed by atoms with Crippen molar-refractivity contribution in [1.82, 2.24) is 5.32 Å². The molecule has 1 aliphatic carbocycles. The lowest BCUT2D eigenvalue weighted by Gasteiger charge is -2.24. The van der Waals surface area contributed by atoms with Gasteiger partial charge < -0.3 is 10.1 Å². The van der Waals surface area contributed by atoms with Crippen LogP contribution in [0.15, 0.2) is 18.2 Å². The van der Waals surface area contributed by atoms with Crippen molar-refractivity contribution in [2.24, 2.45) is 11.8 Å². The highest BCUT2D eigenvalue weighted by Gasteiger charge is 2.33. The Hall–Kier alpha value is -0.860. The van der Waals surface area contributed by atoms with Crippen molar-refractivity contribution in [3.8, 4) is 0 Å². The molecular weight excluding hydrogens is 210 g/mol. The maximum atomic E-state index is 5.48. The highest BCUT2D eigenvalue weighted by atomic mass is 16.5. The van der Waals surface area contributed by atoms with Crippen LogP contribution in [-0.4, -0.2) is 7.05 Å². The van der Waals surface area contributed by atoms with Gasteiger partial charge in [-0.25, -0.2) is 0 Å². The zero-order valence-corrected chi connectivity index (χ0v) is 10.7. The first kappa shape index (κ1) is 11.2. The van der Waals surface area contributed by atoms with E-state index in [2.05, 4.69) is 37.5 Å². The molecule has 1 heterocycles. The first-order chi connectivity index (χ1) is 8.29. The van der Waals surface area contributed by atoms with Crippen LogP contribution in [0.4, 0.5) is 0 Å². The number of rotatable bonds is 4. The molecule has 2 unspecified atom stereocenters. The fraction of sp³-hybridized carbons (Fsp3) is 0.600. The summed E-state index contributed by atoms with van der Waals surface area (Å²) in [5.41, 5.74) is 4.17. The van der Waals surface area contributed by atoms with Gasteiger partial charge >= 0.3 is 0 Å². The zero-order chi connectivity index (χ0) is 11.8. The molecule has 0 amide bonds. The molecule has 0 bridgehead atoms. The van der Waals surface area contributed by atoms with Gasteiger partial charge in [0.25, 0.3) is 0 Å². The second-order valence-electron chi connectivity index (χ2n) is 5.48. The molecule has 1 aromatic rings. The summed E-state index contributed by atoms with van der Waals surface area (Å²) in [6.45, 7) is 3.96. The van der Waals surface area contributed by atoms with Crippen molar-refractivity contribution in [2.75, 3.05) is 7.05 Å². The zero-order valence-electron chi connectivity index (χ0n) is 10.7. The van der Waals surface area contributed by atoms with Crippen LogP contribution in [0.5, 0.6) is 0 Å². The van der Waals surface area contributed by atoms with Crippen molar-refractivity contribution in [2.45, 2.75) is 39.0 Å². The monoisotopic (exact) mass is 231 g/mol. The largest absolute Gasteiger partial charge is 0.372 e. The molecule has 1 aromatic carbocycles. The molecule has 1 N–H and O–H groups in total. The van der Waals surface area contributed by atoms with E-state index < -0.39 is 0 Å². The van der Waals surface area contributed by atoms with Gasteiger partial charge in [-0.3, -0.25) is 0 Å². The van der Waals surface area contributed by atoms with Crippen LogP contribution in [0.2, 0.25) is 0 Å². The first-order valence-electron chi connectivity index (χ1n) is 6.66. The standard InChI is InChI=1S/C15H21NO/c1-10(11-3-4-11)15(16-2)12-5-6-13-8-17-9-14(13)7-12/h5-7,10-11,15-16H,3-4,8-9H2,1-2H3. The molecule has 1 fully saturated rings. The molecule has 0 spiro atoms. The minimum Gasteiger partial charge on any atom is -0.372 e. The molecule has 0 saturated heterocycles. The van der Waals surface area contributed by atoms with Crippen LogP contribution >= 0.6 is 0 Å². The van der Waals surface area contributed by atoms with E-state index in [0.29, 0.717) is 6.04 Å². The molecule has 2 nitrogen and oxygen atoms in total. The summed E-state index contributed by atoms with van der Waals surface area (Å²) in [4.78, 5) is 0. The summed E-state index contributed by atoms with van der Waals surface area (Å²) >= 11 is 0. The molecule has 92 valence electrons. The van der Waals surface area contributed by atoms with Crippen molar-refractivity contribution in [3.05, 3.63) is 34.9 Å². The van der Waals surface area contributed by atoms with E-state index in [0.717, 1.165) is 25.0 Å². The minimum absolute atomic E-state index is 0.494. The number of hydrogen-bond acceptors (Lipinski definition) is 2. The van der Waals surface area contributed by atoms with Gasteiger partial charge in [0.05, 0.1) is 13.2 Å². The van der Waals surface area contributed by atoms with Crippen LogP contribution in [0, 0.1) is 11.8 Å². The van der Waals surface area contributed by atoms with Crippen molar-refractivity contribution >= 4 is 0 Å². The lowest BCUT2D eigenvalue weighted by atomic mass is 9.89. The van der Waals surface area contributed by atoms with Crippen molar-refractivity contribution < 1.29 is 4.74 Å². The molecule has 3 rings (SSSR count). The fourth-order valence-electron chi connectivity index (χ4n) is 3.01. The van der Waals surface area contributed by atoms with Crippen LogP contribution in [0.3, 0.4) is 0 Å². The quantitative estimate of drug-likeness (QED) is 0.860. The third-order valence-corrected chi connectivity index (χ3v) is 4.31. The number of nitrogens with one attached hydrogen (secondary N) is 1. The van der Waals surface area contributed by atoms with Crippen molar-refractivity contribution in [1.29, 1.82) is 0 Å². The number of ether oxygens (including phenoxy) is 1. The molecule has 1 aliphatic heterocycles. The SMILES string of the molecule is CNC(c1ccc2c(c1)COC2)C(C)C1CC1. The maximum absolute atomic E-state index is 5.48. The lowest BCUT2D eigenvalue weighted by molar-refractivity contribution is 0.134. The second kappa shape index (κ2) is 4.43.